The van der Waals surface area contributed by atoms with Crippen LogP contribution in [0.2, 0.25) is 0 Å². The monoisotopic (exact) mass is 406 g/mol. The first-order valence-electron chi connectivity index (χ1n) is 9.92. The maximum absolute atomic E-state index is 13.2. The van der Waals surface area contributed by atoms with E-state index in [0.29, 0.717) is 34.6 Å². The van der Waals surface area contributed by atoms with Gasteiger partial charge in [-0.2, -0.15) is 0 Å². The van der Waals surface area contributed by atoms with Crippen molar-refractivity contribution < 1.29 is 14.5 Å². The number of aromatic nitrogens is 2. The molecule has 0 aliphatic carbocycles. The summed E-state index contributed by atoms with van der Waals surface area (Å²) >= 11 is 0. The van der Waals surface area contributed by atoms with E-state index in [4.69, 9.17) is 0 Å². The molecule has 1 aromatic heterocycles. The number of anilines is 2. The molecule has 154 valence electrons. The number of quaternary nitrogens is 1. The van der Waals surface area contributed by atoms with Crippen LogP contribution in [0.4, 0.5) is 11.4 Å². The van der Waals surface area contributed by atoms with Gasteiger partial charge in [-0.25, -0.2) is 4.98 Å². The molecule has 2 aromatic carbocycles. The molecule has 8 nitrogen and oxygen atoms in total. The summed E-state index contributed by atoms with van der Waals surface area (Å²) in [5.41, 5.74) is 1.79. The Bertz CT molecular complexity index is 1170. The Kier molecular flexibility index (Phi) is 5.33. The minimum absolute atomic E-state index is 0.0907. The number of hydrogen-bond acceptors (Lipinski definition) is 4. The van der Waals surface area contributed by atoms with E-state index in [2.05, 4.69) is 15.3 Å². The summed E-state index contributed by atoms with van der Waals surface area (Å²) in [7, 11) is 1.88. The van der Waals surface area contributed by atoms with Crippen molar-refractivity contribution in [1.29, 1.82) is 0 Å². The van der Waals surface area contributed by atoms with Gasteiger partial charge in [-0.3, -0.25) is 14.4 Å². The lowest BCUT2D eigenvalue weighted by Gasteiger charge is -2.28. The number of hydrogen-bond donors (Lipinski definition) is 3. The maximum Gasteiger partial charge on any atom is 0.282 e. The van der Waals surface area contributed by atoms with Crippen LogP contribution in [-0.4, -0.2) is 41.4 Å². The molecule has 0 bridgehead atoms. The summed E-state index contributed by atoms with van der Waals surface area (Å²) in [6.07, 6.45) is 0.235. The largest absolute Gasteiger partial charge is 0.324 e. The number of benzene rings is 2. The SMILES string of the molecule is C[C@@H]1CC(=O)Nc2ccccc2N1C(=O)C[NH+](C)Cc1nc2ccccc2c(=O)[nH]1. The van der Waals surface area contributed by atoms with Crippen molar-refractivity contribution in [3.63, 3.8) is 0 Å². The van der Waals surface area contributed by atoms with Crippen molar-refractivity contribution in [3.05, 3.63) is 64.7 Å². The quantitative estimate of drug-likeness (QED) is 0.594. The van der Waals surface area contributed by atoms with Gasteiger partial charge in [-0.1, -0.05) is 24.3 Å². The molecule has 4 rings (SSSR count). The third-order valence-electron chi connectivity index (χ3n) is 5.21. The number of carbonyl (C=O) groups excluding carboxylic acids is 2. The van der Waals surface area contributed by atoms with Crippen LogP contribution in [0.3, 0.4) is 0 Å². The van der Waals surface area contributed by atoms with Crippen molar-refractivity contribution in [2.24, 2.45) is 0 Å². The molecule has 0 radical (unpaired) electrons. The molecule has 30 heavy (non-hydrogen) atoms. The van der Waals surface area contributed by atoms with Crippen LogP contribution >= 0.6 is 0 Å². The highest BCUT2D eigenvalue weighted by Crippen LogP contribution is 2.31. The highest BCUT2D eigenvalue weighted by atomic mass is 16.2. The van der Waals surface area contributed by atoms with E-state index in [9.17, 15) is 14.4 Å². The molecule has 0 fully saturated rings. The zero-order chi connectivity index (χ0) is 21.3. The first-order chi connectivity index (χ1) is 14.4. The fourth-order valence-corrected chi connectivity index (χ4v) is 3.88. The zero-order valence-electron chi connectivity index (χ0n) is 16.9. The minimum Gasteiger partial charge on any atom is -0.324 e. The maximum atomic E-state index is 13.2. The summed E-state index contributed by atoms with van der Waals surface area (Å²) in [5.74, 6) is 0.334. The third kappa shape index (κ3) is 3.95. The second-order valence-electron chi connectivity index (χ2n) is 7.72. The van der Waals surface area contributed by atoms with Gasteiger partial charge in [0.1, 0.15) is 6.54 Å². The molecule has 3 N–H and O–H groups in total. The van der Waals surface area contributed by atoms with E-state index in [1.807, 2.05) is 38.2 Å². The lowest BCUT2D eigenvalue weighted by molar-refractivity contribution is -0.886. The first kappa shape index (κ1) is 19.8. The Labute approximate surface area is 173 Å². The van der Waals surface area contributed by atoms with Gasteiger partial charge in [-0.15, -0.1) is 0 Å². The fraction of sp³-hybridized carbons (Fsp3) is 0.273. The molecular formula is C22H24N5O3+. The third-order valence-corrected chi connectivity index (χ3v) is 5.21. The van der Waals surface area contributed by atoms with E-state index >= 15 is 0 Å². The van der Waals surface area contributed by atoms with Crippen LogP contribution < -0.4 is 20.7 Å². The van der Waals surface area contributed by atoms with Crippen LogP contribution in [-0.2, 0) is 16.1 Å². The van der Waals surface area contributed by atoms with Crippen molar-refractivity contribution in [1.82, 2.24) is 9.97 Å². The standard InChI is InChI=1S/C22H23N5O3/c1-14-11-20(28)24-17-9-5-6-10-18(17)27(14)21(29)13-26(2)12-19-23-16-8-4-3-7-15(16)22(30)25-19/h3-10,14H,11-13H2,1-2H3,(H,24,28)(H,23,25,30)/p+1/t14-/m1/s1. The number of aromatic amines is 1. The van der Waals surface area contributed by atoms with Crippen molar-refractivity contribution >= 4 is 34.1 Å². The number of fused-ring (bicyclic) bond motifs is 2. The number of amides is 2. The van der Waals surface area contributed by atoms with E-state index in [1.165, 1.54) is 0 Å². The second kappa shape index (κ2) is 8.08. The molecule has 2 heterocycles. The number of likely N-dealkylation sites (N-methyl/N-ethyl adjacent to an activating group) is 1. The molecular weight excluding hydrogens is 382 g/mol. The highest BCUT2D eigenvalue weighted by Gasteiger charge is 2.31. The van der Waals surface area contributed by atoms with Crippen LogP contribution in [0.5, 0.6) is 0 Å². The lowest BCUT2D eigenvalue weighted by atomic mass is 10.1. The van der Waals surface area contributed by atoms with Gasteiger partial charge in [0.25, 0.3) is 11.5 Å². The molecule has 1 aliphatic heterocycles. The number of para-hydroxylation sites is 3. The van der Waals surface area contributed by atoms with Gasteiger partial charge in [0.2, 0.25) is 5.91 Å². The van der Waals surface area contributed by atoms with Crippen molar-refractivity contribution in [3.8, 4) is 0 Å². The average molecular weight is 406 g/mol. The molecule has 0 spiro atoms. The number of nitrogens with zero attached hydrogens (tertiary/aromatic N) is 2. The Morgan fingerprint density at radius 3 is 2.73 bits per heavy atom. The zero-order valence-corrected chi connectivity index (χ0v) is 16.9. The van der Waals surface area contributed by atoms with Crippen molar-refractivity contribution in [2.75, 3.05) is 23.8 Å². The van der Waals surface area contributed by atoms with Crippen LogP contribution in [0, 0.1) is 0 Å². The van der Waals surface area contributed by atoms with E-state index < -0.39 is 0 Å². The topological polar surface area (TPSA) is 99.6 Å². The normalized spacial score (nSPS) is 17.2. The fourth-order valence-electron chi connectivity index (χ4n) is 3.88. The van der Waals surface area contributed by atoms with E-state index in [1.54, 1.807) is 29.2 Å². The van der Waals surface area contributed by atoms with Gasteiger partial charge in [0.05, 0.1) is 29.3 Å². The second-order valence-corrected chi connectivity index (χ2v) is 7.72. The first-order valence-corrected chi connectivity index (χ1v) is 9.92. The van der Waals surface area contributed by atoms with Crippen molar-refractivity contribution in [2.45, 2.75) is 25.9 Å². The smallest absolute Gasteiger partial charge is 0.282 e. The summed E-state index contributed by atoms with van der Waals surface area (Å²) in [4.78, 5) is 47.5. The van der Waals surface area contributed by atoms with Gasteiger partial charge < -0.3 is 20.1 Å². The van der Waals surface area contributed by atoms with Crippen LogP contribution in [0.25, 0.3) is 10.9 Å². The Morgan fingerprint density at radius 1 is 1.17 bits per heavy atom. The molecule has 2 amide bonds. The molecule has 1 unspecified atom stereocenters. The summed E-state index contributed by atoms with van der Waals surface area (Å²) < 4.78 is 0. The minimum atomic E-state index is -0.257. The molecule has 3 aromatic rings. The summed E-state index contributed by atoms with van der Waals surface area (Å²) in [6.45, 7) is 2.47. The number of nitrogens with one attached hydrogen (secondary N) is 3. The highest BCUT2D eigenvalue weighted by molar-refractivity contribution is 6.04. The van der Waals surface area contributed by atoms with E-state index in [-0.39, 0.29) is 36.4 Å². The van der Waals surface area contributed by atoms with Gasteiger partial charge in [0.15, 0.2) is 12.4 Å². The summed E-state index contributed by atoms with van der Waals surface area (Å²) in [6, 6.07) is 14.2. The molecule has 8 heteroatoms. The lowest BCUT2D eigenvalue weighted by Crippen LogP contribution is -3.09. The van der Waals surface area contributed by atoms with Crippen LogP contribution in [0.1, 0.15) is 19.2 Å². The predicted octanol–water partition coefficient (Wildman–Crippen LogP) is 0.702. The Morgan fingerprint density at radius 2 is 1.90 bits per heavy atom. The molecule has 0 saturated heterocycles. The Hall–Kier alpha value is -3.52. The van der Waals surface area contributed by atoms with E-state index in [0.717, 1.165) is 4.90 Å². The molecule has 1 aliphatic rings. The van der Waals surface area contributed by atoms with Gasteiger partial charge in [0, 0.05) is 12.5 Å². The number of H-pyrrole nitrogens is 1. The van der Waals surface area contributed by atoms with Gasteiger partial charge >= 0.3 is 0 Å². The van der Waals surface area contributed by atoms with Gasteiger partial charge in [-0.05, 0) is 31.2 Å². The summed E-state index contributed by atoms with van der Waals surface area (Å²) in [5, 5.41) is 3.41. The van der Waals surface area contributed by atoms with Crippen LogP contribution in [0.15, 0.2) is 53.3 Å². The number of carbonyl (C=O) groups is 2. The average Bonchev–Trinajstić information content (AvgIpc) is 2.82. The molecule has 0 saturated carbocycles. The Balaban J connectivity index is 1.53. The molecule has 2 atom stereocenters. The number of rotatable bonds is 4. The predicted molar refractivity (Wildman–Crippen MR) is 114 cm³/mol.